The van der Waals surface area contributed by atoms with Gasteiger partial charge in [-0.1, -0.05) is 67.6 Å². The van der Waals surface area contributed by atoms with E-state index in [2.05, 4.69) is 31.0 Å². The molecule has 172 valence electrons. The summed E-state index contributed by atoms with van der Waals surface area (Å²) in [6, 6.07) is 23.7. The largest absolute Gasteiger partial charge is 0.490 e. The number of rotatable bonds is 8. The van der Waals surface area contributed by atoms with Crippen LogP contribution in [-0.4, -0.2) is 22.6 Å². The standard InChI is InChI=1S/C28H26N2O3S/c1-3-19(2)20-12-14-22(15-13-20)32-16-17-33-25-11-7-4-8-21(25)18-26-27(31)30-24-10-6-5-9-23(24)29-28(30)34-26/h4-15,18-19H,3,16-17H2,1-2H3/b26-18-. The van der Waals surface area contributed by atoms with Crippen molar-refractivity contribution in [2.24, 2.45) is 0 Å². The highest BCUT2D eigenvalue weighted by atomic mass is 32.1. The monoisotopic (exact) mass is 470 g/mol. The average Bonchev–Trinajstić information content (AvgIpc) is 3.38. The molecule has 0 aliphatic heterocycles. The number of thiazole rings is 1. The van der Waals surface area contributed by atoms with Crippen LogP contribution in [0.25, 0.3) is 22.1 Å². The van der Waals surface area contributed by atoms with E-state index < -0.39 is 0 Å². The van der Waals surface area contributed by atoms with Crippen LogP contribution in [0.5, 0.6) is 11.5 Å². The minimum absolute atomic E-state index is 0.0623. The van der Waals surface area contributed by atoms with E-state index in [4.69, 9.17) is 9.47 Å². The minimum Gasteiger partial charge on any atom is -0.490 e. The quantitative estimate of drug-likeness (QED) is 0.284. The molecule has 2 heterocycles. The minimum atomic E-state index is -0.0623. The Balaban J connectivity index is 1.30. The molecule has 1 unspecified atom stereocenters. The lowest BCUT2D eigenvalue weighted by Crippen LogP contribution is -2.22. The first kappa shape index (κ1) is 22.2. The van der Waals surface area contributed by atoms with Crippen molar-refractivity contribution < 1.29 is 9.47 Å². The number of ether oxygens (including phenoxy) is 2. The molecule has 2 aromatic heterocycles. The van der Waals surface area contributed by atoms with E-state index in [0.717, 1.165) is 28.8 Å². The maximum absolute atomic E-state index is 13.1. The summed E-state index contributed by atoms with van der Waals surface area (Å²) in [5.74, 6) is 2.10. The van der Waals surface area contributed by atoms with Gasteiger partial charge in [0.05, 0.1) is 15.6 Å². The number of fused-ring (bicyclic) bond motifs is 3. The predicted octanol–water partition coefficient (Wildman–Crippen LogP) is 5.43. The van der Waals surface area contributed by atoms with Crippen molar-refractivity contribution in [3.05, 3.63) is 98.8 Å². The molecule has 0 radical (unpaired) electrons. The molecule has 6 heteroatoms. The van der Waals surface area contributed by atoms with Crippen LogP contribution in [0.1, 0.15) is 37.3 Å². The van der Waals surface area contributed by atoms with Crippen LogP contribution in [0.15, 0.2) is 77.6 Å². The third-order valence-electron chi connectivity index (χ3n) is 6.02. The van der Waals surface area contributed by atoms with Gasteiger partial charge in [-0.05, 0) is 54.3 Å². The molecular formula is C28H26N2O3S. The summed E-state index contributed by atoms with van der Waals surface area (Å²) >= 11 is 1.39. The van der Waals surface area contributed by atoms with Gasteiger partial charge < -0.3 is 9.47 Å². The Hall–Kier alpha value is -3.64. The van der Waals surface area contributed by atoms with E-state index >= 15 is 0 Å². The van der Waals surface area contributed by atoms with Gasteiger partial charge in [-0.25, -0.2) is 9.38 Å². The number of nitrogens with zero attached hydrogens (tertiary/aromatic N) is 2. The zero-order valence-corrected chi connectivity index (χ0v) is 20.0. The molecule has 5 nitrogen and oxygen atoms in total. The summed E-state index contributed by atoms with van der Waals surface area (Å²) in [6.07, 6.45) is 2.99. The molecule has 0 N–H and O–H groups in total. The van der Waals surface area contributed by atoms with Crippen LogP contribution in [0.2, 0.25) is 0 Å². The van der Waals surface area contributed by atoms with Crippen molar-refractivity contribution >= 4 is 33.4 Å². The lowest BCUT2D eigenvalue weighted by Gasteiger charge is -2.12. The third kappa shape index (κ3) is 4.41. The lowest BCUT2D eigenvalue weighted by atomic mass is 9.99. The first-order valence-electron chi connectivity index (χ1n) is 11.5. The Bertz CT molecular complexity index is 1540. The van der Waals surface area contributed by atoms with E-state index in [0.29, 0.717) is 34.4 Å². The number of hydrogen-bond acceptors (Lipinski definition) is 5. The van der Waals surface area contributed by atoms with Gasteiger partial charge in [-0.2, -0.15) is 0 Å². The van der Waals surface area contributed by atoms with Gasteiger partial charge in [0.15, 0.2) is 4.96 Å². The van der Waals surface area contributed by atoms with Gasteiger partial charge in [0, 0.05) is 5.56 Å². The van der Waals surface area contributed by atoms with E-state index in [1.165, 1.54) is 16.9 Å². The van der Waals surface area contributed by atoms with E-state index in [1.54, 1.807) is 4.40 Å². The highest BCUT2D eigenvalue weighted by Gasteiger charge is 2.11. The van der Waals surface area contributed by atoms with Crippen LogP contribution in [-0.2, 0) is 0 Å². The summed E-state index contributed by atoms with van der Waals surface area (Å²) < 4.78 is 14.2. The van der Waals surface area contributed by atoms with Crippen molar-refractivity contribution in [3.8, 4) is 11.5 Å². The molecule has 0 amide bonds. The molecule has 0 saturated heterocycles. The zero-order chi connectivity index (χ0) is 23.5. The Labute approximate surface area is 201 Å². The highest BCUT2D eigenvalue weighted by Crippen LogP contribution is 2.22. The molecule has 34 heavy (non-hydrogen) atoms. The van der Waals surface area contributed by atoms with Crippen LogP contribution >= 0.6 is 11.3 Å². The first-order chi connectivity index (χ1) is 16.6. The fourth-order valence-electron chi connectivity index (χ4n) is 3.92. The number of para-hydroxylation sites is 3. The Kier molecular flexibility index (Phi) is 6.32. The Morgan fingerprint density at radius 2 is 1.71 bits per heavy atom. The maximum atomic E-state index is 13.1. The van der Waals surface area contributed by atoms with Crippen molar-refractivity contribution in [1.82, 2.24) is 9.38 Å². The molecular weight excluding hydrogens is 444 g/mol. The second-order valence-electron chi connectivity index (χ2n) is 8.25. The van der Waals surface area contributed by atoms with Gasteiger partial charge in [0.25, 0.3) is 5.56 Å². The normalized spacial score (nSPS) is 12.9. The zero-order valence-electron chi connectivity index (χ0n) is 19.2. The van der Waals surface area contributed by atoms with Crippen molar-refractivity contribution in [2.45, 2.75) is 26.2 Å². The molecule has 0 fully saturated rings. The second-order valence-corrected chi connectivity index (χ2v) is 9.26. The third-order valence-corrected chi connectivity index (χ3v) is 6.99. The molecule has 0 spiro atoms. The molecule has 0 saturated carbocycles. The summed E-state index contributed by atoms with van der Waals surface area (Å²) in [5, 5.41) is 0. The van der Waals surface area contributed by atoms with Crippen molar-refractivity contribution in [3.63, 3.8) is 0 Å². The fourth-order valence-corrected chi connectivity index (χ4v) is 4.90. The summed E-state index contributed by atoms with van der Waals surface area (Å²) in [6.45, 7) is 5.26. The van der Waals surface area contributed by atoms with E-state index in [9.17, 15) is 4.79 Å². The molecule has 0 bridgehead atoms. The Morgan fingerprint density at radius 3 is 2.53 bits per heavy atom. The predicted molar refractivity (Wildman–Crippen MR) is 138 cm³/mol. The number of aromatic nitrogens is 2. The molecule has 0 aliphatic carbocycles. The lowest BCUT2D eigenvalue weighted by molar-refractivity contribution is 0.217. The number of imidazole rings is 1. The van der Waals surface area contributed by atoms with Gasteiger partial charge in [0.2, 0.25) is 0 Å². The van der Waals surface area contributed by atoms with Gasteiger partial charge in [-0.3, -0.25) is 4.79 Å². The second kappa shape index (κ2) is 9.69. The number of benzene rings is 3. The fraction of sp³-hybridized carbons (Fsp3) is 0.214. The van der Waals surface area contributed by atoms with Crippen LogP contribution in [0.3, 0.4) is 0 Å². The van der Waals surface area contributed by atoms with Crippen molar-refractivity contribution in [1.29, 1.82) is 0 Å². The highest BCUT2D eigenvalue weighted by molar-refractivity contribution is 7.15. The van der Waals surface area contributed by atoms with E-state index in [1.807, 2.05) is 66.7 Å². The summed E-state index contributed by atoms with van der Waals surface area (Å²) in [7, 11) is 0. The molecule has 5 rings (SSSR count). The van der Waals surface area contributed by atoms with Crippen LogP contribution in [0.4, 0.5) is 0 Å². The molecule has 1 atom stereocenters. The SMILES string of the molecule is CCC(C)c1ccc(OCCOc2ccccc2/C=c2\sc3nc4ccccc4n3c2=O)cc1. The molecule has 5 aromatic rings. The number of hydrogen-bond donors (Lipinski definition) is 0. The first-order valence-corrected chi connectivity index (χ1v) is 12.3. The van der Waals surface area contributed by atoms with E-state index in [-0.39, 0.29) is 5.56 Å². The van der Waals surface area contributed by atoms with Crippen molar-refractivity contribution in [2.75, 3.05) is 13.2 Å². The Morgan fingerprint density at radius 1 is 0.971 bits per heavy atom. The van der Waals surface area contributed by atoms with Gasteiger partial charge >= 0.3 is 0 Å². The van der Waals surface area contributed by atoms with Gasteiger partial charge in [0.1, 0.15) is 24.7 Å². The molecule has 0 aliphatic rings. The average molecular weight is 471 g/mol. The molecule has 3 aromatic carbocycles. The summed E-state index contributed by atoms with van der Waals surface area (Å²) in [4.78, 5) is 18.3. The smallest absolute Gasteiger partial charge is 0.274 e. The summed E-state index contributed by atoms with van der Waals surface area (Å²) in [5.41, 5.74) is 3.77. The topological polar surface area (TPSA) is 52.8 Å². The van der Waals surface area contributed by atoms with Gasteiger partial charge in [-0.15, -0.1) is 0 Å². The maximum Gasteiger partial charge on any atom is 0.274 e. The van der Waals surface area contributed by atoms with Crippen LogP contribution < -0.4 is 19.6 Å². The van der Waals surface area contributed by atoms with Crippen LogP contribution in [0, 0.1) is 0 Å².